The van der Waals surface area contributed by atoms with Crippen LogP contribution in [0.25, 0.3) is 0 Å². The molecule has 0 aromatic heterocycles. The van der Waals surface area contributed by atoms with Gasteiger partial charge in [-0.25, -0.2) is 0 Å². The van der Waals surface area contributed by atoms with Crippen molar-refractivity contribution >= 4 is 35.1 Å². The van der Waals surface area contributed by atoms with Crippen LogP contribution >= 0.6 is 11.6 Å². The number of carbonyl (C=O) groups excluding carboxylic acids is 2. The summed E-state index contributed by atoms with van der Waals surface area (Å²) in [6.45, 7) is 0.506. The van der Waals surface area contributed by atoms with E-state index in [9.17, 15) is 14.4 Å². The van der Waals surface area contributed by atoms with Gasteiger partial charge in [0.1, 0.15) is 0 Å². The summed E-state index contributed by atoms with van der Waals surface area (Å²) in [6.07, 6.45) is 1.95. The van der Waals surface area contributed by atoms with Crippen LogP contribution in [0, 0.1) is 11.8 Å². The van der Waals surface area contributed by atoms with Gasteiger partial charge in [0.2, 0.25) is 12.7 Å². The Hall–Kier alpha value is -3.26. The first kappa shape index (κ1) is 22.9. The molecule has 174 valence electrons. The largest absolute Gasteiger partial charge is 0.481 e. The van der Waals surface area contributed by atoms with E-state index in [0.29, 0.717) is 60.0 Å². The molecule has 2 aliphatic rings. The zero-order chi connectivity index (χ0) is 23.5. The number of nitrogens with one attached hydrogen (secondary N) is 1. The molecule has 0 atom stereocenters. The summed E-state index contributed by atoms with van der Waals surface area (Å²) in [6, 6.07) is 10.3. The van der Waals surface area contributed by atoms with Crippen molar-refractivity contribution in [3.8, 4) is 11.5 Å². The van der Waals surface area contributed by atoms with Gasteiger partial charge in [-0.3, -0.25) is 14.4 Å². The predicted molar refractivity (Wildman–Crippen MR) is 122 cm³/mol. The lowest BCUT2D eigenvalue weighted by Crippen LogP contribution is -2.31. The van der Waals surface area contributed by atoms with Crippen molar-refractivity contribution in [2.45, 2.75) is 32.2 Å². The van der Waals surface area contributed by atoms with Gasteiger partial charge in [0.05, 0.1) is 17.2 Å². The number of fused-ring (bicyclic) bond motifs is 1. The lowest BCUT2D eigenvalue weighted by Gasteiger charge is -2.26. The molecule has 1 saturated carbocycles. The van der Waals surface area contributed by atoms with Gasteiger partial charge in [-0.15, -0.1) is 0 Å². The third-order valence-corrected chi connectivity index (χ3v) is 6.36. The smallest absolute Gasteiger partial charge is 0.306 e. The first-order chi connectivity index (χ1) is 15.8. The van der Waals surface area contributed by atoms with E-state index in [1.807, 2.05) is 12.1 Å². The second-order valence-corrected chi connectivity index (χ2v) is 8.85. The van der Waals surface area contributed by atoms with Crippen molar-refractivity contribution in [2.24, 2.45) is 11.8 Å². The fraction of sp³-hybridized carbons (Fsp3) is 0.375. The molecule has 2 aromatic rings. The number of amides is 2. The van der Waals surface area contributed by atoms with E-state index >= 15 is 0 Å². The molecule has 8 nitrogen and oxygen atoms in total. The van der Waals surface area contributed by atoms with Crippen molar-refractivity contribution in [1.29, 1.82) is 0 Å². The van der Waals surface area contributed by atoms with Gasteiger partial charge >= 0.3 is 5.97 Å². The van der Waals surface area contributed by atoms with Gasteiger partial charge in [-0.2, -0.15) is 0 Å². The Labute approximate surface area is 196 Å². The third kappa shape index (κ3) is 5.22. The summed E-state index contributed by atoms with van der Waals surface area (Å²) in [5, 5.41) is 12.4. The molecular weight excluding hydrogens is 448 g/mol. The molecule has 1 aliphatic carbocycles. The lowest BCUT2D eigenvalue weighted by molar-refractivity contribution is -0.143. The lowest BCUT2D eigenvalue weighted by atomic mass is 9.81. The van der Waals surface area contributed by atoms with Crippen molar-refractivity contribution in [3.05, 3.63) is 52.5 Å². The molecule has 4 rings (SSSR count). The topological polar surface area (TPSA) is 105 Å². The van der Waals surface area contributed by atoms with Crippen LogP contribution in [0.15, 0.2) is 36.4 Å². The minimum atomic E-state index is -0.815. The fourth-order valence-electron chi connectivity index (χ4n) is 4.23. The number of nitrogens with zero attached hydrogens (tertiary/aromatic N) is 1. The van der Waals surface area contributed by atoms with Crippen molar-refractivity contribution in [2.75, 3.05) is 19.2 Å². The zero-order valence-electron chi connectivity index (χ0n) is 18.2. The second-order valence-electron chi connectivity index (χ2n) is 8.41. The normalized spacial score (nSPS) is 19.1. The number of carbonyl (C=O) groups is 3. The Kier molecular flexibility index (Phi) is 6.74. The summed E-state index contributed by atoms with van der Waals surface area (Å²) in [7, 11) is 1.67. The van der Waals surface area contributed by atoms with E-state index in [1.165, 1.54) is 11.0 Å². The van der Waals surface area contributed by atoms with E-state index in [1.54, 1.807) is 25.2 Å². The highest BCUT2D eigenvalue weighted by atomic mass is 35.5. The molecule has 2 amide bonds. The zero-order valence-corrected chi connectivity index (χ0v) is 18.9. The van der Waals surface area contributed by atoms with Crippen LogP contribution in [0.3, 0.4) is 0 Å². The van der Waals surface area contributed by atoms with Gasteiger partial charge in [-0.1, -0.05) is 17.7 Å². The van der Waals surface area contributed by atoms with Crippen molar-refractivity contribution < 1.29 is 29.0 Å². The minimum Gasteiger partial charge on any atom is -0.481 e. The Bertz CT molecular complexity index is 1080. The third-order valence-electron chi connectivity index (χ3n) is 6.12. The Morgan fingerprint density at radius 3 is 2.45 bits per heavy atom. The van der Waals surface area contributed by atoms with Crippen LogP contribution in [0.4, 0.5) is 5.69 Å². The maximum atomic E-state index is 13.2. The number of anilines is 1. The van der Waals surface area contributed by atoms with E-state index in [-0.39, 0.29) is 24.5 Å². The van der Waals surface area contributed by atoms with Crippen LogP contribution in [0.5, 0.6) is 11.5 Å². The van der Waals surface area contributed by atoms with Crippen LogP contribution in [0.1, 0.15) is 41.6 Å². The number of halogens is 1. The number of carboxylic acid groups (broad SMARTS) is 1. The van der Waals surface area contributed by atoms with Crippen molar-refractivity contribution in [3.63, 3.8) is 0 Å². The summed E-state index contributed by atoms with van der Waals surface area (Å²) in [5.41, 5.74) is 1.54. The highest BCUT2D eigenvalue weighted by Crippen LogP contribution is 2.33. The summed E-state index contributed by atoms with van der Waals surface area (Å²) < 4.78 is 10.7. The number of ether oxygens (including phenoxy) is 2. The molecule has 0 radical (unpaired) electrons. The molecule has 1 heterocycles. The second kappa shape index (κ2) is 9.70. The van der Waals surface area contributed by atoms with E-state index in [0.717, 1.165) is 5.56 Å². The number of carboxylic acids is 1. The molecule has 33 heavy (non-hydrogen) atoms. The monoisotopic (exact) mass is 472 g/mol. The quantitative estimate of drug-likeness (QED) is 0.653. The molecule has 0 saturated heterocycles. The molecule has 0 bridgehead atoms. The minimum absolute atomic E-state index is 0.178. The molecule has 9 heteroatoms. The van der Waals surface area contributed by atoms with Gasteiger partial charge in [-0.05, 0) is 61.6 Å². The molecule has 1 aliphatic heterocycles. The number of benzene rings is 2. The van der Waals surface area contributed by atoms with Crippen LogP contribution in [-0.4, -0.2) is 41.6 Å². The molecule has 2 aromatic carbocycles. The molecule has 2 N–H and O–H groups in total. The predicted octanol–water partition coefficient (Wildman–Crippen LogP) is 4.17. The summed E-state index contributed by atoms with van der Waals surface area (Å²) in [4.78, 5) is 38.8. The molecule has 0 unspecified atom stereocenters. The number of hydrogen-bond acceptors (Lipinski definition) is 5. The van der Waals surface area contributed by atoms with E-state index in [2.05, 4.69) is 5.32 Å². The molecular formula is C24H25ClN2O6. The Morgan fingerprint density at radius 1 is 1.03 bits per heavy atom. The summed E-state index contributed by atoms with van der Waals surface area (Å²) in [5.74, 6) is -0.692. The summed E-state index contributed by atoms with van der Waals surface area (Å²) >= 11 is 6.15. The standard InChI is InChI=1S/C24H25ClN2O6/c1-27(12-14-2-9-20-21(10-14)33-13-32-20)23(29)18-11-17(25)7-8-19(18)26-22(28)15-3-5-16(6-4-15)24(30)31/h2,7-11,15-16H,3-6,12-13H2,1H3,(H,26,28)(H,30,31). The molecule has 0 spiro atoms. The van der Waals surface area contributed by atoms with Crippen LogP contribution in [-0.2, 0) is 16.1 Å². The maximum Gasteiger partial charge on any atom is 0.306 e. The fourth-order valence-corrected chi connectivity index (χ4v) is 4.40. The average Bonchev–Trinajstić information content (AvgIpc) is 3.27. The number of aliphatic carboxylic acids is 1. The first-order valence-corrected chi connectivity index (χ1v) is 11.2. The first-order valence-electron chi connectivity index (χ1n) is 10.8. The van der Waals surface area contributed by atoms with Gasteiger partial charge < -0.3 is 24.8 Å². The highest BCUT2D eigenvalue weighted by Gasteiger charge is 2.30. The number of rotatable bonds is 6. The Morgan fingerprint density at radius 2 is 1.73 bits per heavy atom. The van der Waals surface area contributed by atoms with Gasteiger partial charge in [0, 0.05) is 24.5 Å². The molecule has 1 fully saturated rings. The van der Waals surface area contributed by atoms with E-state index in [4.69, 9.17) is 26.2 Å². The van der Waals surface area contributed by atoms with Crippen molar-refractivity contribution in [1.82, 2.24) is 4.90 Å². The number of hydrogen-bond donors (Lipinski definition) is 2. The maximum absolute atomic E-state index is 13.2. The SMILES string of the molecule is CN(Cc1ccc2c(c1)OCO2)C(=O)c1cc(Cl)ccc1NC(=O)C1CCC(C(=O)O)CC1. The van der Waals surface area contributed by atoms with Crippen LogP contribution < -0.4 is 14.8 Å². The van der Waals surface area contributed by atoms with E-state index < -0.39 is 11.9 Å². The van der Waals surface area contributed by atoms with Gasteiger partial charge in [0.25, 0.3) is 5.91 Å². The van der Waals surface area contributed by atoms with Gasteiger partial charge in [0.15, 0.2) is 11.5 Å². The Balaban J connectivity index is 1.45. The highest BCUT2D eigenvalue weighted by molar-refractivity contribution is 6.31. The van der Waals surface area contributed by atoms with Crippen LogP contribution in [0.2, 0.25) is 5.02 Å². The average molecular weight is 473 g/mol.